The monoisotopic (exact) mass is 262 g/mol. The smallest absolute Gasteiger partial charge is 0.165 e. The van der Waals surface area contributed by atoms with Gasteiger partial charge < -0.3 is 4.74 Å². The van der Waals surface area contributed by atoms with Crippen LogP contribution in [0.3, 0.4) is 0 Å². The van der Waals surface area contributed by atoms with Crippen LogP contribution in [0.15, 0.2) is 42.5 Å². The Bertz CT molecular complexity index is 571. The third kappa shape index (κ3) is 3.16. The van der Waals surface area contributed by atoms with Crippen LogP contribution >= 0.6 is 0 Å². The number of Topliss-reactive ketones (excluding diaryl/α,β-unsaturated/α-hetero) is 1. The zero-order chi connectivity index (χ0) is 13.8. The summed E-state index contributed by atoms with van der Waals surface area (Å²) in [6.07, 6.45) is 0. The Morgan fingerprint density at radius 1 is 1.11 bits per heavy atom. The van der Waals surface area contributed by atoms with Crippen LogP contribution in [-0.4, -0.2) is 5.78 Å². The van der Waals surface area contributed by atoms with Crippen molar-refractivity contribution in [2.75, 3.05) is 0 Å². The maximum Gasteiger partial charge on any atom is 0.165 e. The number of rotatable bonds is 4. The van der Waals surface area contributed by atoms with Crippen molar-refractivity contribution >= 4 is 5.78 Å². The van der Waals surface area contributed by atoms with E-state index in [-0.39, 0.29) is 12.4 Å². The molecule has 0 N–H and O–H groups in total. The van der Waals surface area contributed by atoms with Crippen molar-refractivity contribution in [2.45, 2.75) is 13.5 Å². The summed E-state index contributed by atoms with van der Waals surface area (Å²) in [5.74, 6) is -2.40. The van der Waals surface area contributed by atoms with Gasteiger partial charge in [0.2, 0.25) is 0 Å². The van der Waals surface area contributed by atoms with Crippen LogP contribution < -0.4 is 4.74 Å². The van der Waals surface area contributed by atoms with E-state index in [4.69, 9.17) is 4.74 Å². The van der Waals surface area contributed by atoms with Crippen molar-refractivity contribution in [1.82, 2.24) is 0 Å². The first-order valence-electron chi connectivity index (χ1n) is 5.74. The summed E-state index contributed by atoms with van der Waals surface area (Å²) in [6, 6.07) is 11.3. The minimum absolute atomic E-state index is 0.0591. The van der Waals surface area contributed by atoms with E-state index in [0.717, 1.165) is 24.6 Å². The van der Waals surface area contributed by atoms with Crippen LogP contribution in [0.2, 0.25) is 0 Å². The lowest BCUT2D eigenvalue weighted by Gasteiger charge is -2.08. The molecule has 2 nitrogen and oxygen atoms in total. The number of hydrogen-bond acceptors (Lipinski definition) is 2. The summed E-state index contributed by atoms with van der Waals surface area (Å²) >= 11 is 0. The summed E-state index contributed by atoms with van der Waals surface area (Å²) in [5, 5.41) is 0. The van der Waals surface area contributed by atoms with Crippen LogP contribution in [-0.2, 0) is 6.61 Å². The maximum absolute atomic E-state index is 13.5. The van der Waals surface area contributed by atoms with Crippen LogP contribution in [0.5, 0.6) is 5.75 Å². The molecule has 2 aromatic rings. The predicted molar refractivity (Wildman–Crippen MR) is 67.1 cm³/mol. The van der Waals surface area contributed by atoms with E-state index in [1.165, 1.54) is 0 Å². The van der Waals surface area contributed by atoms with Gasteiger partial charge in [-0.3, -0.25) is 4.79 Å². The van der Waals surface area contributed by atoms with E-state index >= 15 is 0 Å². The van der Waals surface area contributed by atoms with Gasteiger partial charge in [-0.05, 0) is 12.5 Å². The van der Waals surface area contributed by atoms with Gasteiger partial charge in [0.25, 0.3) is 0 Å². The lowest BCUT2D eigenvalue weighted by Crippen LogP contribution is -2.03. The highest BCUT2D eigenvalue weighted by Gasteiger charge is 2.15. The average molecular weight is 262 g/mol. The van der Waals surface area contributed by atoms with Gasteiger partial charge in [-0.1, -0.05) is 30.3 Å². The molecule has 0 saturated heterocycles. The van der Waals surface area contributed by atoms with Crippen molar-refractivity contribution in [2.24, 2.45) is 0 Å². The summed E-state index contributed by atoms with van der Waals surface area (Å²) in [6.45, 7) is 1.32. The van der Waals surface area contributed by atoms with Crippen LogP contribution in [0.25, 0.3) is 0 Å². The molecule has 2 aromatic carbocycles. The molecule has 2 rings (SSSR count). The van der Waals surface area contributed by atoms with E-state index in [2.05, 4.69) is 0 Å². The summed E-state index contributed by atoms with van der Waals surface area (Å²) in [4.78, 5) is 11.1. The lowest BCUT2D eigenvalue weighted by atomic mass is 10.1. The number of carbonyl (C=O) groups excluding carboxylic acids is 1. The zero-order valence-corrected chi connectivity index (χ0v) is 10.3. The highest BCUT2D eigenvalue weighted by molar-refractivity contribution is 5.94. The summed E-state index contributed by atoms with van der Waals surface area (Å²) in [5.41, 5.74) is 0.353. The molecule has 4 heteroatoms. The fourth-order valence-electron chi connectivity index (χ4n) is 1.71. The minimum Gasteiger partial charge on any atom is -0.489 e. The van der Waals surface area contributed by atoms with E-state index in [9.17, 15) is 13.6 Å². The maximum atomic E-state index is 13.5. The molecule has 98 valence electrons. The molecule has 0 aliphatic rings. The Kier molecular flexibility index (Phi) is 3.90. The molecular formula is C15H12F2O2. The SMILES string of the molecule is CC(=O)c1c(F)cc(OCc2ccccc2)cc1F. The fourth-order valence-corrected chi connectivity index (χ4v) is 1.71. The molecule has 0 radical (unpaired) electrons. The van der Waals surface area contributed by atoms with Gasteiger partial charge in [0, 0.05) is 12.1 Å². The van der Waals surface area contributed by atoms with Gasteiger partial charge in [0.15, 0.2) is 5.78 Å². The Balaban J connectivity index is 2.16. The molecule has 0 unspecified atom stereocenters. The largest absolute Gasteiger partial charge is 0.489 e. The molecule has 0 amide bonds. The van der Waals surface area contributed by atoms with Crippen LogP contribution in [0.4, 0.5) is 8.78 Å². The Morgan fingerprint density at radius 2 is 1.68 bits per heavy atom. The molecule has 0 heterocycles. The van der Waals surface area contributed by atoms with Gasteiger partial charge in [-0.2, -0.15) is 0 Å². The van der Waals surface area contributed by atoms with Crippen molar-refractivity contribution in [1.29, 1.82) is 0 Å². The second kappa shape index (κ2) is 5.61. The lowest BCUT2D eigenvalue weighted by molar-refractivity contribution is 0.100. The van der Waals surface area contributed by atoms with Gasteiger partial charge in [0.1, 0.15) is 24.0 Å². The molecule has 0 spiro atoms. The van der Waals surface area contributed by atoms with Crippen molar-refractivity contribution < 1.29 is 18.3 Å². The van der Waals surface area contributed by atoms with Crippen molar-refractivity contribution in [3.05, 3.63) is 65.2 Å². The third-order valence-electron chi connectivity index (χ3n) is 2.62. The van der Waals surface area contributed by atoms with Crippen LogP contribution in [0.1, 0.15) is 22.8 Å². The normalized spacial score (nSPS) is 10.3. The minimum atomic E-state index is -0.907. The second-order valence-electron chi connectivity index (χ2n) is 4.09. The molecule has 19 heavy (non-hydrogen) atoms. The summed E-state index contributed by atoms with van der Waals surface area (Å²) < 4.78 is 32.4. The number of halogens is 2. The van der Waals surface area contributed by atoms with E-state index in [0.29, 0.717) is 0 Å². The molecule has 0 aromatic heterocycles. The molecule has 0 fully saturated rings. The number of ether oxygens (including phenoxy) is 1. The van der Waals surface area contributed by atoms with Crippen molar-refractivity contribution in [3.8, 4) is 5.75 Å². The highest BCUT2D eigenvalue weighted by atomic mass is 19.1. The molecule has 0 bridgehead atoms. The number of carbonyl (C=O) groups is 1. The Hall–Kier alpha value is -2.23. The van der Waals surface area contributed by atoms with Crippen LogP contribution in [0, 0.1) is 11.6 Å². The van der Waals surface area contributed by atoms with E-state index in [1.807, 2.05) is 30.3 Å². The fraction of sp³-hybridized carbons (Fsp3) is 0.133. The predicted octanol–water partition coefficient (Wildman–Crippen LogP) is 3.75. The topological polar surface area (TPSA) is 26.3 Å². The first-order valence-corrected chi connectivity index (χ1v) is 5.74. The third-order valence-corrected chi connectivity index (χ3v) is 2.62. The standard InChI is InChI=1S/C15H12F2O2/c1-10(18)15-13(16)7-12(8-14(15)17)19-9-11-5-3-2-4-6-11/h2-8H,9H2,1H3. The van der Waals surface area contributed by atoms with Crippen molar-refractivity contribution in [3.63, 3.8) is 0 Å². The summed E-state index contributed by atoms with van der Waals surface area (Å²) in [7, 11) is 0. The number of hydrogen-bond donors (Lipinski definition) is 0. The second-order valence-corrected chi connectivity index (χ2v) is 4.09. The number of ketones is 1. The Labute approximate surface area is 109 Å². The molecular weight excluding hydrogens is 250 g/mol. The molecule has 0 aliphatic heterocycles. The van der Waals surface area contributed by atoms with Gasteiger partial charge in [-0.25, -0.2) is 8.78 Å². The average Bonchev–Trinajstić information content (AvgIpc) is 2.36. The molecule has 0 aliphatic carbocycles. The van der Waals surface area contributed by atoms with Gasteiger partial charge in [-0.15, -0.1) is 0 Å². The zero-order valence-electron chi connectivity index (χ0n) is 10.3. The molecule has 0 atom stereocenters. The number of benzene rings is 2. The Morgan fingerprint density at radius 3 is 2.21 bits per heavy atom. The first-order chi connectivity index (χ1) is 9.08. The van der Waals surface area contributed by atoms with Gasteiger partial charge in [0.05, 0.1) is 5.56 Å². The first kappa shape index (κ1) is 13.2. The van der Waals surface area contributed by atoms with Gasteiger partial charge >= 0.3 is 0 Å². The van der Waals surface area contributed by atoms with E-state index in [1.54, 1.807) is 0 Å². The highest BCUT2D eigenvalue weighted by Crippen LogP contribution is 2.22. The quantitative estimate of drug-likeness (QED) is 0.784. The van der Waals surface area contributed by atoms with E-state index < -0.39 is 23.0 Å². The molecule has 0 saturated carbocycles.